The molecule has 0 heterocycles. The molecule has 7 nitrogen and oxygen atoms in total. The Bertz CT molecular complexity index is 1160. The van der Waals surface area contributed by atoms with Crippen molar-refractivity contribution in [1.29, 1.82) is 0 Å². The van der Waals surface area contributed by atoms with Crippen LogP contribution in [-0.2, 0) is 26.2 Å². The summed E-state index contributed by atoms with van der Waals surface area (Å²) in [5.74, 6) is -0.654. The van der Waals surface area contributed by atoms with Crippen molar-refractivity contribution in [1.82, 2.24) is 10.2 Å². The zero-order valence-corrected chi connectivity index (χ0v) is 23.9. The van der Waals surface area contributed by atoms with E-state index in [1.807, 2.05) is 44.2 Å². The molecule has 2 aromatic carbocycles. The van der Waals surface area contributed by atoms with Gasteiger partial charge in [0, 0.05) is 17.1 Å². The second-order valence-corrected chi connectivity index (χ2v) is 12.6. The van der Waals surface area contributed by atoms with Crippen molar-refractivity contribution in [3.8, 4) is 0 Å². The molecule has 9 heteroatoms. The minimum absolute atomic E-state index is 0.112. The number of carbonyl (C=O) groups is 2. The van der Waals surface area contributed by atoms with Gasteiger partial charge in [-0.2, -0.15) is 0 Å². The molecule has 1 saturated carbocycles. The third-order valence-electron chi connectivity index (χ3n) is 6.56. The molecule has 0 aromatic heterocycles. The average Bonchev–Trinajstić information content (AvgIpc) is 2.80. The molecule has 1 aliphatic carbocycles. The Morgan fingerprint density at radius 1 is 1.03 bits per heavy atom. The third-order valence-corrected chi connectivity index (χ3v) is 8.23. The van der Waals surface area contributed by atoms with Gasteiger partial charge in [-0.3, -0.25) is 13.9 Å². The highest BCUT2D eigenvalue weighted by atomic mass is 79.9. The van der Waals surface area contributed by atoms with Crippen LogP contribution in [0.25, 0.3) is 0 Å². The molecular formula is C27H36BrN3O4S. The Morgan fingerprint density at radius 2 is 1.61 bits per heavy atom. The first-order valence-corrected chi connectivity index (χ1v) is 15.0. The Labute approximate surface area is 223 Å². The molecule has 3 rings (SSSR count). The summed E-state index contributed by atoms with van der Waals surface area (Å²) in [5, 5.41) is 3.11. The molecule has 196 valence electrons. The quantitative estimate of drug-likeness (QED) is 0.468. The van der Waals surface area contributed by atoms with Crippen molar-refractivity contribution >= 4 is 43.5 Å². The maximum absolute atomic E-state index is 13.7. The lowest BCUT2D eigenvalue weighted by Crippen LogP contribution is -2.53. The van der Waals surface area contributed by atoms with E-state index in [2.05, 4.69) is 21.2 Å². The van der Waals surface area contributed by atoms with Crippen molar-refractivity contribution in [2.75, 3.05) is 17.1 Å². The summed E-state index contributed by atoms with van der Waals surface area (Å²) in [5.41, 5.74) is 3.09. The predicted octanol–water partition coefficient (Wildman–Crippen LogP) is 4.70. The van der Waals surface area contributed by atoms with Crippen LogP contribution in [0.15, 0.2) is 46.9 Å². The van der Waals surface area contributed by atoms with Crippen LogP contribution in [0.1, 0.15) is 55.7 Å². The Hall–Kier alpha value is -2.39. The fourth-order valence-electron chi connectivity index (χ4n) is 4.65. The summed E-state index contributed by atoms with van der Waals surface area (Å²) in [4.78, 5) is 28.4. The molecule has 0 saturated heterocycles. The lowest BCUT2D eigenvalue weighted by Gasteiger charge is -2.33. The van der Waals surface area contributed by atoms with E-state index in [4.69, 9.17) is 0 Å². The second-order valence-electron chi connectivity index (χ2n) is 9.78. The van der Waals surface area contributed by atoms with Crippen LogP contribution in [0, 0.1) is 13.8 Å². The van der Waals surface area contributed by atoms with Gasteiger partial charge in [0.1, 0.15) is 12.6 Å². The van der Waals surface area contributed by atoms with Crippen molar-refractivity contribution in [2.45, 2.75) is 71.5 Å². The standard InChI is InChI=1S/C27H36BrN3O4S/c1-19-14-20(2)16-25(15-19)31(36(4,34)35)18-26(32)30(17-22-10-12-23(28)13-11-22)21(3)27(33)29-24-8-6-5-7-9-24/h10-16,21,24H,5-9,17-18H2,1-4H3,(H,29,33). The maximum atomic E-state index is 13.7. The molecule has 1 N–H and O–H groups in total. The van der Waals surface area contributed by atoms with Gasteiger partial charge in [0.15, 0.2) is 0 Å². The van der Waals surface area contributed by atoms with E-state index in [1.54, 1.807) is 19.1 Å². The van der Waals surface area contributed by atoms with Gasteiger partial charge in [0.25, 0.3) is 0 Å². The van der Waals surface area contributed by atoms with Crippen LogP contribution in [-0.4, -0.2) is 50.0 Å². The fourth-order valence-corrected chi connectivity index (χ4v) is 5.74. The summed E-state index contributed by atoms with van der Waals surface area (Å²) in [7, 11) is -3.75. The van der Waals surface area contributed by atoms with E-state index in [9.17, 15) is 18.0 Å². The summed E-state index contributed by atoms with van der Waals surface area (Å²) < 4.78 is 27.5. The molecule has 1 unspecified atom stereocenters. The van der Waals surface area contributed by atoms with E-state index in [-0.39, 0.29) is 25.0 Å². The lowest BCUT2D eigenvalue weighted by atomic mass is 9.95. The number of hydrogen-bond acceptors (Lipinski definition) is 4. The second kappa shape index (κ2) is 12.2. The highest BCUT2D eigenvalue weighted by Crippen LogP contribution is 2.23. The van der Waals surface area contributed by atoms with Crippen molar-refractivity contribution in [3.63, 3.8) is 0 Å². The van der Waals surface area contributed by atoms with Crippen molar-refractivity contribution in [2.24, 2.45) is 0 Å². The van der Waals surface area contributed by atoms with Gasteiger partial charge in [-0.05, 0) is 74.6 Å². The number of carbonyl (C=O) groups excluding carboxylic acids is 2. The van der Waals surface area contributed by atoms with E-state index in [0.29, 0.717) is 5.69 Å². The largest absolute Gasteiger partial charge is 0.352 e. The Kier molecular flexibility index (Phi) is 9.58. The van der Waals surface area contributed by atoms with Gasteiger partial charge in [0.05, 0.1) is 11.9 Å². The molecular weight excluding hydrogens is 542 g/mol. The van der Waals surface area contributed by atoms with Crippen LogP contribution in [0.3, 0.4) is 0 Å². The smallest absolute Gasteiger partial charge is 0.244 e. The van der Waals surface area contributed by atoms with Gasteiger partial charge < -0.3 is 10.2 Å². The zero-order valence-electron chi connectivity index (χ0n) is 21.5. The van der Waals surface area contributed by atoms with Gasteiger partial charge in [-0.25, -0.2) is 8.42 Å². The molecule has 2 aromatic rings. The maximum Gasteiger partial charge on any atom is 0.244 e. The minimum Gasteiger partial charge on any atom is -0.352 e. The van der Waals surface area contributed by atoms with Gasteiger partial charge >= 0.3 is 0 Å². The minimum atomic E-state index is -3.75. The highest BCUT2D eigenvalue weighted by molar-refractivity contribution is 9.10. The first-order valence-electron chi connectivity index (χ1n) is 12.3. The van der Waals surface area contributed by atoms with E-state index < -0.39 is 22.0 Å². The zero-order chi connectivity index (χ0) is 26.5. The molecule has 1 aliphatic rings. The Balaban J connectivity index is 1.88. The summed E-state index contributed by atoms with van der Waals surface area (Å²) in [6, 6.07) is 12.3. The first-order chi connectivity index (χ1) is 16.9. The van der Waals surface area contributed by atoms with E-state index in [0.717, 1.165) is 57.4 Å². The number of aryl methyl sites for hydroxylation is 2. The van der Waals surface area contributed by atoms with Gasteiger partial charge in [-0.15, -0.1) is 0 Å². The van der Waals surface area contributed by atoms with Crippen molar-refractivity contribution < 1.29 is 18.0 Å². The molecule has 1 atom stereocenters. The van der Waals surface area contributed by atoms with Crippen LogP contribution in [0.2, 0.25) is 0 Å². The molecule has 0 aliphatic heterocycles. The number of rotatable bonds is 9. The topological polar surface area (TPSA) is 86.8 Å². The fraction of sp³-hybridized carbons (Fsp3) is 0.481. The average molecular weight is 579 g/mol. The van der Waals surface area contributed by atoms with Gasteiger partial charge in [-0.1, -0.05) is 53.4 Å². The van der Waals surface area contributed by atoms with Crippen LogP contribution in [0.5, 0.6) is 0 Å². The number of nitrogens with zero attached hydrogens (tertiary/aromatic N) is 2. The number of sulfonamides is 1. The number of anilines is 1. The predicted molar refractivity (Wildman–Crippen MR) is 147 cm³/mol. The SMILES string of the molecule is Cc1cc(C)cc(N(CC(=O)N(Cc2ccc(Br)cc2)C(C)C(=O)NC2CCCCC2)S(C)(=O)=O)c1. The molecule has 1 fully saturated rings. The molecule has 0 spiro atoms. The van der Waals surface area contributed by atoms with E-state index in [1.165, 1.54) is 11.3 Å². The first kappa shape index (κ1) is 28.2. The van der Waals surface area contributed by atoms with Crippen LogP contribution >= 0.6 is 15.9 Å². The van der Waals surface area contributed by atoms with Gasteiger partial charge in [0.2, 0.25) is 21.8 Å². The van der Waals surface area contributed by atoms with Crippen molar-refractivity contribution in [3.05, 3.63) is 63.6 Å². The number of benzene rings is 2. The van der Waals surface area contributed by atoms with Crippen LogP contribution in [0.4, 0.5) is 5.69 Å². The molecule has 0 bridgehead atoms. The monoisotopic (exact) mass is 577 g/mol. The van der Waals surface area contributed by atoms with E-state index >= 15 is 0 Å². The number of nitrogens with one attached hydrogen (secondary N) is 1. The summed E-state index contributed by atoms with van der Waals surface area (Å²) in [6.07, 6.45) is 6.31. The summed E-state index contributed by atoms with van der Waals surface area (Å²) >= 11 is 3.42. The highest BCUT2D eigenvalue weighted by Gasteiger charge is 2.31. The normalized spacial score (nSPS) is 15.2. The molecule has 36 heavy (non-hydrogen) atoms. The third kappa shape index (κ3) is 7.80. The molecule has 2 amide bonds. The number of hydrogen-bond donors (Lipinski definition) is 1. The number of halogens is 1. The lowest BCUT2D eigenvalue weighted by molar-refractivity contribution is -0.139. The summed E-state index contributed by atoms with van der Waals surface area (Å²) in [6.45, 7) is 5.28. The van der Waals surface area contributed by atoms with Crippen LogP contribution < -0.4 is 9.62 Å². The number of amides is 2. The molecule has 0 radical (unpaired) electrons. The Morgan fingerprint density at radius 3 is 2.17 bits per heavy atom.